The van der Waals surface area contributed by atoms with E-state index in [4.69, 9.17) is 9.47 Å². The Labute approximate surface area is 165 Å². The summed E-state index contributed by atoms with van der Waals surface area (Å²) in [6.45, 7) is 5.91. The molecular formula is C19H19FN3O4S+. The van der Waals surface area contributed by atoms with Gasteiger partial charge in [-0.25, -0.2) is 4.39 Å². The zero-order chi connectivity index (χ0) is 19.7. The van der Waals surface area contributed by atoms with Crippen molar-refractivity contribution in [2.75, 3.05) is 32.8 Å². The number of halogens is 1. The van der Waals surface area contributed by atoms with Gasteiger partial charge in [0.15, 0.2) is 22.4 Å². The first-order chi connectivity index (χ1) is 13.4. The monoisotopic (exact) mass is 404 g/mol. The Hall–Kier alpha value is -2.41. The summed E-state index contributed by atoms with van der Waals surface area (Å²) in [7, 11) is 0. The molecule has 0 saturated carbocycles. The van der Waals surface area contributed by atoms with Gasteiger partial charge in [0.1, 0.15) is 0 Å². The molecule has 1 aromatic carbocycles. The van der Waals surface area contributed by atoms with Gasteiger partial charge in [0.25, 0.3) is 5.69 Å². The second-order valence-corrected chi connectivity index (χ2v) is 8.20. The number of hydrogen-bond donors (Lipinski definition) is 0. The molecule has 146 valence electrons. The molecule has 3 heterocycles. The lowest BCUT2D eigenvalue weighted by molar-refractivity contribution is -0.385. The molecule has 28 heavy (non-hydrogen) atoms. The van der Waals surface area contributed by atoms with Crippen molar-refractivity contribution in [3.8, 4) is 5.75 Å². The van der Waals surface area contributed by atoms with Crippen LogP contribution in [0.15, 0.2) is 35.3 Å². The van der Waals surface area contributed by atoms with Crippen molar-refractivity contribution in [3.63, 3.8) is 0 Å². The maximum absolute atomic E-state index is 14.3. The third-order valence-electron chi connectivity index (χ3n) is 4.85. The van der Waals surface area contributed by atoms with Gasteiger partial charge in [0.2, 0.25) is 0 Å². The smallest absolute Gasteiger partial charge is 0.335 e. The number of ether oxygens (including phenoxy) is 2. The fourth-order valence-corrected chi connectivity index (χ4v) is 4.71. The van der Waals surface area contributed by atoms with E-state index < -0.39 is 16.3 Å². The van der Waals surface area contributed by atoms with Gasteiger partial charge in [-0.2, -0.15) is 0 Å². The van der Waals surface area contributed by atoms with Gasteiger partial charge in [-0.05, 0) is 17.7 Å². The number of thioether (sulfide) groups is 1. The van der Waals surface area contributed by atoms with Crippen LogP contribution >= 0.6 is 11.8 Å². The summed E-state index contributed by atoms with van der Waals surface area (Å²) in [5.74, 6) is 2.06. The van der Waals surface area contributed by atoms with Gasteiger partial charge in [0, 0.05) is 36.7 Å². The maximum atomic E-state index is 14.3. The Bertz CT molecular complexity index is 946. The molecule has 0 aromatic heterocycles. The summed E-state index contributed by atoms with van der Waals surface area (Å²) in [5, 5.41) is 10.7. The van der Waals surface area contributed by atoms with E-state index in [-0.39, 0.29) is 16.7 Å². The van der Waals surface area contributed by atoms with Gasteiger partial charge in [-0.1, -0.05) is 0 Å². The molecule has 2 atom stereocenters. The zero-order valence-electron chi connectivity index (χ0n) is 15.3. The van der Waals surface area contributed by atoms with E-state index in [1.165, 1.54) is 17.0 Å². The van der Waals surface area contributed by atoms with Crippen molar-refractivity contribution in [2.45, 2.75) is 17.8 Å². The Kier molecular flexibility index (Phi) is 5.10. The van der Waals surface area contributed by atoms with Crippen LogP contribution in [-0.4, -0.2) is 65.1 Å². The molecular weight excluding hydrogens is 385 g/mol. The van der Waals surface area contributed by atoms with E-state index in [0.29, 0.717) is 0 Å². The molecule has 1 aromatic rings. The largest absolute Gasteiger partial charge is 0.478 e. The number of nitro benzene ring substituents is 1. The minimum absolute atomic E-state index is 0.0328. The molecule has 9 heteroatoms. The van der Waals surface area contributed by atoms with Crippen molar-refractivity contribution >= 4 is 29.0 Å². The standard InChI is InChI=1S/C19H19FN3O4S/c1-19(27-17-3-2-13(23(24)25)10-15(17)20)4-5-21-16-11-14(28-18(16)19)12-22-6-8-26-9-7-22/h2-4,10-11,18H,6-9,12H2,1H3/q+1. The number of rotatable bonds is 5. The van der Waals surface area contributed by atoms with E-state index in [1.54, 1.807) is 17.8 Å². The molecule has 0 N–H and O–H groups in total. The summed E-state index contributed by atoms with van der Waals surface area (Å²) in [6.07, 6.45) is 3.72. The molecule has 1 fully saturated rings. The molecule has 2 unspecified atom stereocenters. The number of benzene rings is 1. The third kappa shape index (κ3) is 3.76. The lowest BCUT2D eigenvalue weighted by Crippen LogP contribution is -2.46. The van der Waals surface area contributed by atoms with Crippen LogP contribution in [0.4, 0.5) is 10.1 Å². The van der Waals surface area contributed by atoms with E-state index in [2.05, 4.69) is 15.4 Å². The van der Waals surface area contributed by atoms with E-state index in [9.17, 15) is 14.5 Å². The first kappa shape index (κ1) is 18.9. The van der Waals surface area contributed by atoms with Crippen molar-refractivity contribution in [1.29, 1.82) is 0 Å². The quantitative estimate of drug-likeness (QED) is 0.424. The number of hydrogen-bond acceptors (Lipinski definition) is 6. The predicted molar refractivity (Wildman–Crippen MR) is 106 cm³/mol. The molecule has 0 spiro atoms. The summed E-state index contributed by atoms with van der Waals surface area (Å²) >= 11 is 1.65. The maximum Gasteiger partial charge on any atom is 0.335 e. The van der Waals surface area contributed by atoms with E-state index in [0.717, 1.165) is 44.6 Å². The van der Waals surface area contributed by atoms with Crippen molar-refractivity contribution < 1.29 is 18.8 Å². The second-order valence-electron chi connectivity index (χ2n) is 6.96. The third-order valence-corrected chi connectivity index (χ3v) is 6.35. The Balaban J connectivity index is 1.51. The van der Waals surface area contributed by atoms with Crippen molar-refractivity contribution in [1.82, 2.24) is 9.57 Å². The Morgan fingerprint density at radius 2 is 2.29 bits per heavy atom. The van der Waals surface area contributed by atoms with E-state index in [1.807, 2.05) is 13.0 Å². The molecule has 4 rings (SSSR count). The minimum atomic E-state index is -0.873. The number of allylic oxidation sites excluding steroid dienone is 1. The fraction of sp³-hybridized carbons (Fsp3) is 0.421. The Morgan fingerprint density at radius 1 is 1.50 bits per heavy atom. The average Bonchev–Trinajstić information content (AvgIpc) is 3.08. The molecule has 7 nitrogen and oxygen atoms in total. The molecule has 0 radical (unpaired) electrons. The predicted octanol–water partition coefficient (Wildman–Crippen LogP) is 1.95. The van der Waals surface area contributed by atoms with Gasteiger partial charge in [-0.3, -0.25) is 15.0 Å². The minimum Gasteiger partial charge on any atom is -0.478 e. The fourth-order valence-electron chi connectivity index (χ4n) is 3.37. The van der Waals surface area contributed by atoms with Crippen LogP contribution in [0, 0.1) is 15.9 Å². The molecule has 0 bridgehead atoms. The topological polar surface area (TPSA) is 78.9 Å². The number of non-ortho nitro benzene ring substituents is 1. The molecule has 0 aliphatic carbocycles. The van der Waals surface area contributed by atoms with Gasteiger partial charge in [-0.15, -0.1) is 11.8 Å². The second kappa shape index (κ2) is 7.54. The average molecular weight is 404 g/mol. The highest BCUT2D eigenvalue weighted by Crippen LogP contribution is 2.40. The summed E-state index contributed by atoms with van der Waals surface area (Å²) in [5.41, 5.74) is -0.351. The van der Waals surface area contributed by atoms with Gasteiger partial charge < -0.3 is 9.47 Å². The normalized spacial score (nSPS) is 26.6. The Morgan fingerprint density at radius 3 is 3.00 bits per heavy atom. The van der Waals surface area contributed by atoms with Crippen molar-refractivity contribution in [2.24, 2.45) is 0 Å². The number of morpholine rings is 1. The van der Waals surface area contributed by atoms with Crippen LogP contribution < -0.4 is 9.40 Å². The van der Waals surface area contributed by atoms with Gasteiger partial charge >= 0.3 is 11.6 Å². The number of nitro groups is 1. The lowest BCUT2D eigenvalue weighted by Gasteiger charge is -2.30. The van der Waals surface area contributed by atoms with Crippen LogP contribution in [0.1, 0.15) is 6.92 Å². The van der Waals surface area contributed by atoms with Crippen LogP contribution in [0.3, 0.4) is 0 Å². The SMILES string of the molecule is CC1(Oc2ccc([N+](=O)[O-])cc2F)C=C=[N+]=C2C=C(CN3CCOCC3)SC21. The summed E-state index contributed by atoms with van der Waals surface area (Å²) in [4.78, 5) is 13.7. The van der Waals surface area contributed by atoms with Crippen LogP contribution in [0.25, 0.3) is 0 Å². The highest BCUT2D eigenvalue weighted by molar-refractivity contribution is 8.05. The highest BCUT2D eigenvalue weighted by atomic mass is 32.2. The summed E-state index contributed by atoms with van der Waals surface area (Å²) < 4.78 is 30.0. The lowest BCUT2D eigenvalue weighted by atomic mass is 9.96. The molecule has 1 saturated heterocycles. The number of fused-ring (bicyclic) bond motifs is 1. The van der Waals surface area contributed by atoms with Crippen LogP contribution in [0.5, 0.6) is 5.75 Å². The zero-order valence-corrected chi connectivity index (χ0v) is 16.1. The first-order valence-corrected chi connectivity index (χ1v) is 9.80. The molecule has 3 aliphatic rings. The first-order valence-electron chi connectivity index (χ1n) is 8.92. The number of nitrogens with zero attached hydrogens (tertiary/aromatic N) is 3. The summed E-state index contributed by atoms with van der Waals surface area (Å²) in [6, 6.07) is 3.39. The van der Waals surface area contributed by atoms with E-state index >= 15 is 0 Å². The molecule has 3 aliphatic heterocycles. The van der Waals surface area contributed by atoms with Crippen LogP contribution in [-0.2, 0) is 4.74 Å². The van der Waals surface area contributed by atoms with Crippen LogP contribution in [0.2, 0.25) is 0 Å². The van der Waals surface area contributed by atoms with Gasteiger partial charge in [0.05, 0.1) is 30.3 Å². The molecule has 0 amide bonds. The van der Waals surface area contributed by atoms with Crippen molar-refractivity contribution in [3.05, 3.63) is 51.2 Å². The highest BCUT2D eigenvalue weighted by Gasteiger charge is 2.49.